The molecule has 1 heterocycles. The molecule has 0 fully saturated rings. The van der Waals surface area contributed by atoms with Crippen molar-refractivity contribution >= 4 is 17.6 Å². The third-order valence-electron chi connectivity index (χ3n) is 3.41. The van der Waals surface area contributed by atoms with E-state index in [1.165, 1.54) is 25.3 Å². The molecule has 0 saturated carbocycles. The number of carbonyl (C=O) groups is 2. The van der Waals surface area contributed by atoms with E-state index >= 15 is 0 Å². The third-order valence-corrected chi connectivity index (χ3v) is 3.41. The second-order valence-corrected chi connectivity index (χ2v) is 5.30. The van der Waals surface area contributed by atoms with Gasteiger partial charge in [-0.05, 0) is 43.3 Å². The fourth-order valence-electron chi connectivity index (χ4n) is 2.12. The first-order chi connectivity index (χ1) is 12.7. The molecule has 1 atom stereocenters. The fraction of sp³-hybridized carbons (Fsp3) is 0.235. The largest absolute Gasteiger partial charge is 0.463 e. The van der Waals surface area contributed by atoms with E-state index in [2.05, 4.69) is 9.72 Å². The number of aromatic nitrogens is 1. The van der Waals surface area contributed by atoms with E-state index in [-0.39, 0.29) is 17.9 Å². The van der Waals surface area contributed by atoms with E-state index in [0.717, 1.165) is 30.5 Å². The predicted molar refractivity (Wildman–Crippen MR) is 87.1 cm³/mol. The van der Waals surface area contributed by atoms with Crippen molar-refractivity contribution in [3.8, 4) is 0 Å². The van der Waals surface area contributed by atoms with Crippen LogP contribution in [0.1, 0.15) is 17.3 Å². The molecule has 1 amide bonds. The molecule has 0 radical (unpaired) electrons. The first kappa shape index (κ1) is 20.1. The molecular weight excluding hydrogens is 370 g/mol. The monoisotopic (exact) mass is 385 g/mol. The molecule has 2 N–H and O–H groups in total. The van der Waals surface area contributed by atoms with Crippen LogP contribution in [0, 0.1) is 5.82 Å². The fourth-order valence-corrected chi connectivity index (χ4v) is 2.12. The predicted octanol–water partition coefficient (Wildman–Crippen LogP) is 2.88. The lowest BCUT2D eigenvalue weighted by Crippen LogP contribution is -2.69. The number of nitrogens with one attached hydrogen (secondary N) is 2. The number of benzene rings is 1. The number of alkyl halides is 3. The Labute approximate surface area is 151 Å². The zero-order chi connectivity index (χ0) is 20.1. The maximum atomic E-state index is 13.9. The topological polar surface area (TPSA) is 80.3 Å². The maximum Gasteiger partial charge on any atom is 0.441 e. The molecule has 2 rings (SSSR count). The average Bonchev–Trinajstić information content (AvgIpc) is 2.62. The van der Waals surface area contributed by atoms with Gasteiger partial charge in [0.2, 0.25) is 0 Å². The molecule has 0 aliphatic carbocycles. The number of hydrogen-bond acceptors (Lipinski definition) is 5. The van der Waals surface area contributed by atoms with Crippen LogP contribution in [0.4, 0.5) is 23.2 Å². The SMILES string of the molecule is CCOC(=O)C(NC(=O)c1cccnc1)(Nc1ccc(F)cc1)C(F)(F)F. The van der Waals surface area contributed by atoms with Crippen LogP contribution in [0.25, 0.3) is 0 Å². The van der Waals surface area contributed by atoms with E-state index in [1.807, 2.05) is 5.32 Å². The number of hydrogen-bond donors (Lipinski definition) is 2. The molecule has 144 valence electrons. The first-order valence-electron chi connectivity index (χ1n) is 7.70. The number of halogens is 4. The average molecular weight is 385 g/mol. The number of esters is 1. The van der Waals surface area contributed by atoms with E-state index in [1.54, 1.807) is 5.32 Å². The van der Waals surface area contributed by atoms with Crippen molar-refractivity contribution in [2.24, 2.45) is 0 Å². The smallest absolute Gasteiger partial charge is 0.441 e. The van der Waals surface area contributed by atoms with Crippen molar-refractivity contribution in [1.82, 2.24) is 10.3 Å². The Hall–Kier alpha value is -3.17. The highest BCUT2D eigenvalue weighted by Gasteiger charge is 2.63. The van der Waals surface area contributed by atoms with Crippen LogP contribution in [0.3, 0.4) is 0 Å². The van der Waals surface area contributed by atoms with Gasteiger partial charge in [-0.1, -0.05) is 0 Å². The van der Waals surface area contributed by atoms with Crippen molar-refractivity contribution in [2.75, 3.05) is 11.9 Å². The molecule has 0 saturated heterocycles. The summed E-state index contributed by atoms with van der Waals surface area (Å²) in [5.41, 5.74) is -4.04. The number of amides is 1. The minimum absolute atomic E-state index is 0.198. The summed E-state index contributed by atoms with van der Waals surface area (Å²) in [5, 5.41) is 3.58. The van der Waals surface area contributed by atoms with Gasteiger partial charge < -0.3 is 15.4 Å². The Bertz CT molecular complexity index is 797. The molecule has 0 spiro atoms. The van der Waals surface area contributed by atoms with Gasteiger partial charge in [0.25, 0.3) is 5.91 Å². The molecule has 0 aliphatic rings. The van der Waals surface area contributed by atoms with Crippen LogP contribution in [0.2, 0.25) is 0 Å². The van der Waals surface area contributed by atoms with Crippen molar-refractivity contribution in [3.63, 3.8) is 0 Å². The summed E-state index contributed by atoms with van der Waals surface area (Å²) in [6.07, 6.45) is -2.92. The molecule has 27 heavy (non-hydrogen) atoms. The number of carbonyl (C=O) groups excluding carboxylic acids is 2. The summed E-state index contributed by atoms with van der Waals surface area (Å²) < 4.78 is 59.4. The van der Waals surface area contributed by atoms with Crippen molar-refractivity contribution < 1.29 is 31.9 Å². The van der Waals surface area contributed by atoms with Crippen molar-refractivity contribution in [2.45, 2.75) is 18.8 Å². The lowest BCUT2D eigenvalue weighted by molar-refractivity contribution is -0.204. The van der Waals surface area contributed by atoms with E-state index in [0.29, 0.717) is 0 Å². The molecule has 6 nitrogen and oxygen atoms in total. The van der Waals surface area contributed by atoms with Crippen molar-refractivity contribution in [1.29, 1.82) is 0 Å². The lowest BCUT2D eigenvalue weighted by atomic mass is 10.1. The van der Waals surface area contributed by atoms with Crippen LogP contribution in [-0.2, 0) is 9.53 Å². The highest BCUT2D eigenvalue weighted by molar-refractivity contribution is 5.99. The number of rotatable bonds is 6. The summed E-state index contributed by atoms with van der Waals surface area (Å²) in [7, 11) is 0. The van der Waals surface area contributed by atoms with Crippen molar-refractivity contribution in [3.05, 3.63) is 60.2 Å². The Balaban J connectivity index is 2.48. The Morgan fingerprint density at radius 2 is 1.81 bits per heavy atom. The maximum absolute atomic E-state index is 13.9. The molecule has 1 unspecified atom stereocenters. The number of nitrogens with zero attached hydrogens (tertiary/aromatic N) is 1. The second kappa shape index (κ2) is 8.02. The van der Waals surface area contributed by atoms with Gasteiger partial charge in [0.15, 0.2) is 0 Å². The minimum Gasteiger partial charge on any atom is -0.463 e. The van der Waals surface area contributed by atoms with E-state index in [9.17, 15) is 27.2 Å². The lowest BCUT2D eigenvalue weighted by Gasteiger charge is -2.35. The van der Waals surface area contributed by atoms with Gasteiger partial charge in [0.1, 0.15) is 5.82 Å². The molecule has 1 aromatic carbocycles. The zero-order valence-electron chi connectivity index (χ0n) is 14.0. The highest BCUT2D eigenvalue weighted by Crippen LogP contribution is 2.33. The number of ether oxygens (including phenoxy) is 1. The number of pyridine rings is 1. The summed E-state index contributed by atoms with van der Waals surface area (Å²) in [4.78, 5) is 28.2. The van der Waals surface area contributed by atoms with Gasteiger partial charge in [-0.25, -0.2) is 9.18 Å². The Morgan fingerprint density at radius 3 is 2.33 bits per heavy atom. The molecule has 0 aliphatic heterocycles. The van der Waals surface area contributed by atoms with Gasteiger partial charge >= 0.3 is 17.8 Å². The minimum atomic E-state index is -5.29. The van der Waals surface area contributed by atoms with Gasteiger partial charge in [-0.2, -0.15) is 13.2 Å². The molecule has 1 aromatic heterocycles. The summed E-state index contributed by atoms with van der Waals surface area (Å²) in [6, 6.07) is 6.36. The van der Waals surface area contributed by atoms with Gasteiger partial charge in [-0.15, -0.1) is 0 Å². The summed E-state index contributed by atoms with van der Waals surface area (Å²) in [6.45, 7) is 0.963. The second-order valence-electron chi connectivity index (χ2n) is 5.30. The van der Waals surface area contributed by atoms with Crippen LogP contribution in [0.5, 0.6) is 0 Å². The van der Waals surface area contributed by atoms with Gasteiger partial charge in [0, 0.05) is 18.1 Å². The van der Waals surface area contributed by atoms with Crippen LogP contribution >= 0.6 is 0 Å². The standard InChI is InChI=1S/C17H15F4N3O3/c1-2-27-15(26)16(17(19,20)21,23-13-7-5-12(18)6-8-13)24-14(25)11-4-3-9-22-10-11/h3-10,23H,2H2,1H3,(H,24,25). The molecule has 10 heteroatoms. The van der Waals surface area contributed by atoms with Gasteiger partial charge in [-0.3, -0.25) is 9.78 Å². The van der Waals surface area contributed by atoms with Crippen LogP contribution in [-0.4, -0.2) is 35.3 Å². The first-order valence-corrected chi connectivity index (χ1v) is 7.70. The van der Waals surface area contributed by atoms with Crippen LogP contribution in [0.15, 0.2) is 48.8 Å². The molecule has 0 bridgehead atoms. The summed E-state index contributed by atoms with van der Waals surface area (Å²) in [5.74, 6) is -3.66. The Morgan fingerprint density at radius 1 is 1.15 bits per heavy atom. The molecule has 2 aromatic rings. The van der Waals surface area contributed by atoms with E-state index < -0.39 is 29.5 Å². The zero-order valence-corrected chi connectivity index (χ0v) is 14.0. The van der Waals surface area contributed by atoms with E-state index in [4.69, 9.17) is 0 Å². The quantitative estimate of drug-likeness (QED) is 0.454. The molecular formula is C17H15F4N3O3. The number of anilines is 1. The van der Waals surface area contributed by atoms with Crippen LogP contribution < -0.4 is 10.6 Å². The van der Waals surface area contributed by atoms with Gasteiger partial charge in [0.05, 0.1) is 12.2 Å². The third kappa shape index (κ3) is 4.52. The normalized spacial score (nSPS) is 13.4. The highest BCUT2D eigenvalue weighted by atomic mass is 19.4. The Kier molecular flexibility index (Phi) is 5.98. The summed E-state index contributed by atoms with van der Waals surface area (Å²) >= 11 is 0.